The van der Waals surface area contributed by atoms with E-state index in [1.807, 2.05) is 17.9 Å². The summed E-state index contributed by atoms with van der Waals surface area (Å²) in [6.45, 7) is 2.97. The topological polar surface area (TPSA) is 95.9 Å². The lowest BCUT2D eigenvalue weighted by Gasteiger charge is -2.21. The highest BCUT2D eigenvalue weighted by molar-refractivity contribution is 5.82. The number of nitrogens with zero attached hydrogens (tertiary/aromatic N) is 4. The molecule has 2 heterocycles. The van der Waals surface area contributed by atoms with Crippen molar-refractivity contribution in [3.05, 3.63) is 18.1 Å². The van der Waals surface area contributed by atoms with Crippen LogP contribution in [0.3, 0.4) is 0 Å². The summed E-state index contributed by atoms with van der Waals surface area (Å²) in [5.41, 5.74) is 5.10. The molecule has 0 radical (unpaired) electrons. The van der Waals surface area contributed by atoms with Crippen LogP contribution in [-0.2, 0) is 4.79 Å². The van der Waals surface area contributed by atoms with Crippen LogP contribution in [0.4, 0.5) is 5.82 Å². The van der Waals surface area contributed by atoms with Gasteiger partial charge in [-0.05, 0) is 13.3 Å². The molecule has 1 aliphatic rings. The Bertz CT molecular complexity index is 495. The molecule has 1 unspecified atom stereocenters. The van der Waals surface area contributed by atoms with Crippen LogP contribution in [0.2, 0.25) is 0 Å². The number of hydrogen-bond acceptors (Lipinski definition) is 5. The van der Waals surface area contributed by atoms with E-state index in [0.29, 0.717) is 25.3 Å². The first-order valence-electron chi connectivity index (χ1n) is 5.33. The highest BCUT2D eigenvalue weighted by atomic mass is 16.1. The van der Waals surface area contributed by atoms with Gasteiger partial charge in [-0.15, -0.1) is 0 Å². The molecule has 6 nitrogen and oxygen atoms in total. The number of amides is 1. The molecule has 0 spiro atoms. The molecule has 1 fully saturated rings. The fraction of sp³-hybridized carbons (Fsp3) is 0.455. The fourth-order valence-corrected chi connectivity index (χ4v) is 1.98. The number of hydrogen-bond donors (Lipinski definition) is 1. The number of nitriles is 1. The van der Waals surface area contributed by atoms with Crippen molar-refractivity contribution >= 4 is 11.7 Å². The molecule has 0 saturated carbocycles. The van der Waals surface area contributed by atoms with Crippen LogP contribution in [0.1, 0.15) is 19.0 Å². The molecule has 1 aromatic heterocycles. The molecule has 1 amide bonds. The summed E-state index contributed by atoms with van der Waals surface area (Å²) >= 11 is 0. The Morgan fingerprint density at radius 3 is 2.88 bits per heavy atom. The monoisotopic (exact) mass is 231 g/mol. The molecular formula is C11H13N5O. The smallest absolute Gasteiger partial charge is 0.225 e. The summed E-state index contributed by atoms with van der Waals surface area (Å²) < 4.78 is 0. The molecule has 1 aliphatic heterocycles. The third-order valence-electron chi connectivity index (χ3n) is 3.15. The molecule has 1 aromatic rings. The molecule has 2 rings (SSSR count). The van der Waals surface area contributed by atoms with Crippen molar-refractivity contribution in [2.24, 2.45) is 11.1 Å². The van der Waals surface area contributed by atoms with Crippen LogP contribution in [0.25, 0.3) is 0 Å². The van der Waals surface area contributed by atoms with Crippen molar-refractivity contribution < 1.29 is 4.79 Å². The van der Waals surface area contributed by atoms with Crippen LogP contribution >= 0.6 is 0 Å². The SMILES string of the molecule is CC1(C(N)=O)CCN(c2nccnc2C#N)C1. The minimum Gasteiger partial charge on any atom is -0.369 e. The van der Waals surface area contributed by atoms with Gasteiger partial charge in [0.15, 0.2) is 11.5 Å². The molecule has 2 N–H and O–H groups in total. The van der Waals surface area contributed by atoms with Crippen molar-refractivity contribution in [2.45, 2.75) is 13.3 Å². The van der Waals surface area contributed by atoms with Crippen LogP contribution in [0.5, 0.6) is 0 Å². The predicted octanol–water partition coefficient (Wildman–Crippen LogP) is 0.0500. The molecule has 1 saturated heterocycles. The zero-order valence-electron chi connectivity index (χ0n) is 9.55. The van der Waals surface area contributed by atoms with Crippen LogP contribution < -0.4 is 10.6 Å². The van der Waals surface area contributed by atoms with Crippen molar-refractivity contribution in [1.29, 1.82) is 5.26 Å². The molecule has 6 heteroatoms. The van der Waals surface area contributed by atoms with Gasteiger partial charge in [0.25, 0.3) is 0 Å². The first-order valence-corrected chi connectivity index (χ1v) is 5.33. The fourth-order valence-electron chi connectivity index (χ4n) is 1.98. The summed E-state index contributed by atoms with van der Waals surface area (Å²) in [4.78, 5) is 21.3. The molecule has 0 aliphatic carbocycles. The predicted molar refractivity (Wildman–Crippen MR) is 60.9 cm³/mol. The first kappa shape index (κ1) is 11.3. The van der Waals surface area contributed by atoms with E-state index in [1.165, 1.54) is 12.4 Å². The van der Waals surface area contributed by atoms with E-state index in [9.17, 15) is 4.79 Å². The van der Waals surface area contributed by atoms with E-state index in [1.54, 1.807) is 0 Å². The average molecular weight is 231 g/mol. The van der Waals surface area contributed by atoms with Gasteiger partial charge in [0, 0.05) is 25.5 Å². The number of primary amides is 1. The van der Waals surface area contributed by atoms with E-state index in [4.69, 9.17) is 11.0 Å². The lowest BCUT2D eigenvalue weighted by Crippen LogP contribution is -2.37. The largest absolute Gasteiger partial charge is 0.369 e. The molecular weight excluding hydrogens is 218 g/mol. The van der Waals surface area contributed by atoms with E-state index in [0.717, 1.165) is 0 Å². The normalized spacial score (nSPS) is 23.4. The Morgan fingerprint density at radius 2 is 2.29 bits per heavy atom. The zero-order chi connectivity index (χ0) is 12.5. The Morgan fingerprint density at radius 1 is 1.59 bits per heavy atom. The zero-order valence-corrected chi connectivity index (χ0v) is 9.55. The van der Waals surface area contributed by atoms with Gasteiger partial charge in [-0.25, -0.2) is 9.97 Å². The quantitative estimate of drug-likeness (QED) is 0.775. The van der Waals surface area contributed by atoms with Gasteiger partial charge >= 0.3 is 0 Å². The summed E-state index contributed by atoms with van der Waals surface area (Å²) in [6.07, 6.45) is 3.69. The number of rotatable bonds is 2. The van der Waals surface area contributed by atoms with E-state index in [-0.39, 0.29) is 11.6 Å². The van der Waals surface area contributed by atoms with Gasteiger partial charge < -0.3 is 10.6 Å². The van der Waals surface area contributed by atoms with E-state index < -0.39 is 5.41 Å². The summed E-state index contributed by atoms with van der Waals surface area (Å²) in [7, 11) is 0. The maximum absolute atomic E-state index is 11.3. The molecule has 17 heavy (non-hydrogen) atoms. The highest BCUT2D eigenvalue weighted by Crippen LogP contribution is 2.32. The second-order valence-electron chi connectivity index (χ2n) is 4.44. The maximum Gasteiger partial charge on any atom is 0.225 e. The molecule has 0 aromatic carbocycles. The lowest BCUT2D eigenvalue weighted by molar-refractivity contribution is -0.125. The summed E-state index contributed by atoms with van der Waals surface area (Å²) in [5, 5.41) is 8.95. The second kappa shape index (κ2) is 4.01. The Kier molecular flexibility index (Phi) is 2.68. The Balaban J connectivity index is 2.27. The highest BCUT2D eigenvalue weighted by Gasteiger charge is 2.40. The van der Waals surface area contributed by atoms with Gasteiger partial charge in [-0.1, -0.05) is 0 Å². The van der Waals surface area contributed by atoms with Gasteiger partial charge in [0.05, 0.1) is 5.41 Å². The standard InChI is InChI=1S/C11H13N5O/c1-11(10(13)17)2-5-16(7-11)9-8(6-12)14-3-4-15-9/h3-4H,2,5,7H2,1H3,(H2,13,17). The average Bonchev–Trinajstić information content (AvgIpc) is 2.73. The molecule has 88 valence electrons. The first-order chi connectivity index (χ1) is 8.07. The number of nitrogens with two attached hydrogens (primary N) is 1. The van der Waals surface area contributed by atoms with Crippen molar-refractivity contribution in [3.63, 3.8) is 0 Å². The van der Waals surface area contributed by atoms with Crippen LogP contribution in [0.15, 0.2) is 12.4 Å². The number of carbonyl (C=O) groups is 1. The van der Waals surface area contributed by atoms with Gasteiger partial charge in [-0.3, -0.25) is 4.79 Å². The second-order valence-corrected chi connectivity index (χ2v) is 4.44. The lowest BCUT2D eigenvalue weighted by atomic mass is 9.89. The number of carbonyl (C=O) groups excluding carboxylic acids is 1. The Labute approximate surface area is 99.1 Å². The summed E-state index contributed by atoms with van der Waals surface area (Å²) in [5.74, 6) is 0.211. The third-order valence-corrected chi connectivity index (χ3v) is 3.15. The third kappa shape index (κ3) is 1.91. The van der Waals surface area contributed by atoms with Gasteiger partial charge in [0.1, 0.15) is 6.07 Å². The van der Waals surface area contributed by atoms with Crippen molar-refractivity contribution in [1.82, 2.24) is 9.97 Å². The van der Waals surface area contributed by atoms with Crippen LogP contribution in [0, 0.1) is 16.7 Å². The van der Waals surface area contributed by atoms with Crippen molar-refractivity contribution in [2.75, 3.05) is 18.0 Å². The molecule has 0 bridgehead atoms. The van der Waals surface area contributed by atoms with Crippen molar-refractivity contribution in [3.8, 4) is 6.07 Å². The number of anilines is 1. The Hall–Kier alpha value is -2.16. The molecule has 1 atom stereocenters. The maximum atomic E-state index is 11.3. The minimum atomic E-state index is -0.551. The van der Waals surface area contributed by atoms with Gasteiger partial charge in [0.2, 0.25) is 5.91 Å². The minimum absolute atomic E-state index is 0.279. The van der Waals surface area contributed by atoms with Crippen LogP contribution in [-0.4, -0.2) is 29.0 Å². The summed E-state index contributed by atoms with van der Waals surface area (Å²) in [6, 6.07) is 2.00. The van der Waals surface area contributed by atoms with Gasteiger partial charge in [-0.2, -0.15) is 5.26 Å². The number of aromatic nitrogens is 2. The van der Waals surface area contributed by atoms with E-state index in [2.05, 4.69) is 9.97 Å². The van der Waals surface area contributed by atoms with E-state index >= 15 is 0 Å².